The van der Waals surface area contributed by atoms with Crippen LogP contribution in [-0.4, -0.2) is 17.8 Å². The number of nitro groups is 1. The summed E-state index contributed by atoms with van der Waals surface area (Å²) in [6.45, 7) is 8.08. The van der Waals surface area contributed by atoms with Crippen molar-refractivity contribution in [2.45, 2.75) is 58.0 Å². The molecule has 0 saturated heterocycles. The van der Waals surface area contributed by atoms with Crippen molar-refractivity contribution in [3.8, 4) is 11.8 Å². The number of nitro benzene ring substituents is 1. The Labute approximate surface area is 262 Å². The number of nitriles is 1. The Balaban J connectivity index is 1.67. The molecule has 1 atom stereocenters. The number of rotatable bonds is 8. The molecule has 0 aromatic heterocycles. The van der Waals surface area contributed by atoms with Crippen LogP contribution >= 0.6 is 11.8 Å². The van der Waals surface area contributed by atoms with Crippen molar-refractivity contribution in [1.29, 1.82) is 5.26 Å². The Morgan fingerprint density at radius 3 is 2.48 bits per heavy atom. The average Bonchev–Trinajstić information content (AvgIpc) is 2.97. The minimum Gasteiger partial charge on any atom is -0.496 e. The number of anilines is 1. The van der Waals surface area contributed by atoms with Crippen molar-refractivity contribution in [3.63, 3.8) is 0 Å². The van der Waals surface area contributed by atoms with Gasteiger partial charge in [0, 0.05) is 29.2 Å². The number of thioether (sulfide) groups is 1. The van der Waals surface area contributed by atoms with Crippen molar-refractivity contribution < 1.29 is 14.5 Å². The molecule has 0 fully saturated rings. The number of carbonyl (C=O) groups is 1. The predicted molar refractivity (Wildman–Crippen MR) is 174 cm³/mol. The van der Waals surface area contributed by atoms with Crippen LogP contribution in [0.1, 0.15) is 60.4 Å². The minimum absolute atomic E-state index is 0.0809. The van der Waals surface area contributed by atoms with Gasteiger partial charge in [-0.3, -0.25) is 19.8 Å². The zero-order valence-corrected chi connectivity index (χ0v) is 26.5. The number of aryl methyl sites for hydroxylation is 2. The van der Waals surface area contributed by atoms with Crippen molar-refractivity contribution in [1.82, 2.24) is 0 Å². The fourth-order valence-electron chi connectivity index (χ4n) is 6.30. The van der Waals surface area contributed by atoms with Gasteiger partial charge in [0.15, 0.2) is 5.78 Å². The standard InChI is InChI=1S/C35H36N4O4S/c1-21-13-22(2)26(14-24(21)20-44-19-23-9-7-6-8-10-23)32-27(18-36)34(37)38(30-16-35(3,4)17-31(40)33(30)32)28-12-11-25(43-5)15-29(28)39(41)42/h6-15,32H,16-17,19-20,37H2,1-5H3. The van der Waals surface area contributed by atoms with Crippen LogP contribution in [0.25, 0.3) is 0 Å². The Bertz CT molecular complexity index is 1750. The van der Waals surface area contributed by atoms with Gasteiger partial charge in [-0.1, -0.05) is 56.3 Å². The van der Waals surface area contributed by atoms with E-state index in [0.717, 1.165) is 33.8 Å². The SMILES string of the molecule is COc1ccc(N2C(N)=C(C#N)C(c3cc(CSCc4ccccc4)c(C)cc3C)C3=C2CC(C)(C)CC3=O)c([N+](=O)[O-])c1. The fourth-order valence-corrected chi connectivity index (χ4v) is 7.36. The van der Waals surface area contributed by atoms with Crippen LogP contribution in [0.3, 0.4) is 0 Å². The molecule has 3 aromatic carbocycles. The first-order chi connectivity index (χ1) is 21.0. The van der Waals surface area contributed by atoms with Gasteiger partial charge in [-0.05, 0) is 65.6 Å². The summed E-state index contributed by atoms with van der Waals surface area (Å²) in [5.41, 5.74) is 13.0. The zero-order chi connectivity index (χ0) is 31.8. The van der Waals surface area contributed by atoms with Gasteiger partial charge >= 0.3 is 0 Å². The molecule has 44 heavy (non-hydrogen) atoms. The first kappa shape index (κ1) is 30.9. The van der Waals surface area contributed by atoms with E-state index in [1.54, 1.807) is 28.8 Å². The van der Waals surface area contributed by atoms with Gasteiger partial charge in [0.25, 0.3) is 5.69 Å². The van der Waals surface area contributed by atoms with Crippen LogP contribution in [0, 0.1) is 40.7 Å². The Morgan fingerprint density at radius 1 is 1.09 bits per heavy atom. The quantitative estimate of drug-likeness (QED) is 0.205. The van der Waals surface area contributed by atoms with E-state index in [1.165, 1.54) is 18.7 Å². The van der Waals surface area contributed by atoms with E-state index in [2.05, 4.69) is 37.3 Å². The first-order valence-electron chi connectivity index (χ1n) is 14.5. The van der Waals surface area contributed by atoms with Crippen LogP contribution in [-0.2, 0) is 16.3 Å². The third-order valence-corrected chi connectivity index (χ3v) is 9.46. The second-order valence-electron chi connectivity index (χ2n) is 12.2. The summed E-state index contributed by atoms with van der Waals surface area (Å²) in [6.07, 6.45) is 0.752. The highest BCUT2D eigenvalue weighted by atomic mass is 32.2. The molecular formula is C35H36N4O4S. The second kappa shape index (κ2) is 12.2. The first-order valence-corrected chi connectivity index (χ1v) is 15.6. The largest absolute Gasteiger partial charge is 0.496 e. The predicted octanol–water partition coefficient (Wildman–Crippen LogP) is 7.59. The van der Waals surface area contributed by atoms with E-state index >= 15 is 0 Å². The van der Waals surface area contributed by atoms with Crippen molar-refractivity contribution in [3.05, 3.63) is 121 Å². The lowest BCUT2D eigenvalue weighted by Crippen LogP contribution is -2.42. The molecule has 2 aliphatic rings. The van der Waals surface area contributed by atoms with Crippen LogP contribution in [0.2, 0.25) is 0 Å². The molecule has 1 aliphatic carbocycles. The maximum Gasteiger partial charge on any atom is 0.296 e. The Kier molecular flexibility index (Phi) is 8.57. The van der Waals surface area contributed by atoms with Gasteiger partial charge in [0.05, 0.1) is 35.7 Å². The molecule has 1 unspecified atom stereocenters. The summed E-state index contributed by atoms with van der Waals surface area (Å²) in [4.78, 5) is 27.4. The number of hydrogen-bond donors (Lipinski definition) is 1. The number of ether oxygens (including phenoxy) is 1. The topological polar surface area (TPSA) is 122 Å². The lowest BCUT2D eigenvalue weighted by molar-refractivity contribution is -0.384. The van der Waals surface area contributed by atoms with E-state index in [9.17, 15) is 20.2 Å². The number of hydrogen-bond acceptors (Lipinski definition) is 8. The number of Topliss-reactive ketones (excluding diaryl/α,β-unsaturated/α-hetero) is 1. The molecule has 0 radical (unpaired) electrons. The van der Waals surface area contributed by atoms with E-state index < -0.39 is 16.3 Å². The molecule has 0 amide bonds. The van der Waals surface area contributed by atoms with Gasteiger partial charge in [0.2, 0.25) is 0 Å². The van der Waals surface area contributed by atoms with Gasteiger partial charge in [-0.15, -0.1) is 0 Å². The van der Waals surface area contributed by atoms with Crippen LogP contribution in [0.4, 0.5) is 11.4 Å². The highest BCUT2D eigenvalue weighted by molar-refractivity contribution is 7.97. The average molecular weight is 609 g/mol. The lowest BCUT2D eigenvalue weighted by atomic mass is 9.68. The number of benzene rings is 3. The second-order valence-corrected chi connectivity index (χ2v) is 13.2. The van der Waals surface area contributed by atoms with Crippen molar-refractivity contribution in [2.24, 2.45) is 11.1 Å². The highest BCUT2D eigenvalue weighted by Crippen LogP contribution is 2.52. The highest BCUT2D eigenvalue weighted by Gasteiger charge is 2.46. The molecule has 8 nitrogen and oxygen atoms in total. The normalized spacial score (nSPS) is 17.8. The third-order valence-electron chi connectivity index (χ3n) is 8.41. The van der Waals surface area contributed by atoms with Gasteiger partial charge in [-0.25, -0.2) is 0 Å². The Morgan fingerprint density at radius 2 is 1.82 bits per heavy atom. The number of carbonyl (C=O) groups excluding carboxylic acids is 1. The van der Waals surface area contributed by atoms with E-state index in [-0.39, 0.29) is 28.6 Å². The molecule has 1 aliphatic heterocycles. The summed E-state index contributed by atoms with van der Waals surface area (Å²) < 4.78 is 5.25. The molecule has 9 heteroatoms. The summed E-state index contributed by atoms with van der Waals surface area (Å²) >= 11 is 1.81. The fraction of sp³-hybridized carbons (Fsp3) is 0.314. The lowest BCUT2D eigenvalue weighted by Gasteiger charge is -2.43. The number of nitrogens with two attached hydrogens (primary N) is 1. The summed E-state index contributed by atoms with van der Waals surface area (Å²) in [7, 11) is 1.44. The molecule has 2 N–H and O–H groups in total. The number of nitrogens with zero attached hydrogens (tertiary/aromatic N) is 3. The molecule has 0 bridgehead atoms. The van der Waals surface area contributed by atoms with Crippen LogP contribution in [0.15, 0.2) is 83.3 Å². The summed E-state index contributed by atoms with van der Waals surface area (Å²) in [5.74, 6) is 1.28. The van der Waals surface area contributed by atoms with Crippen molar-refractivity contribution >= 4 is 28.9 Å². The zero-order valence-electron chi connectivity index (χ0n) is 25.6. The van der Waals surface area contributed by atoms with Crippen LogP contribution < -0.4 is 15.4 Å². The summed E-state index contributed by atoms with van der Waals surface area (Å²) in [6, 6.07) is 21.3. The molecule has 0 spiro atoms. The van der Waals surface area contributed by atoms with E-state index in [4.69, 9.17) is 10.5 Å². The molecule has 0 saturated carbocycles. The third kappa shape index (κ3) is 5.82. The molecule has 1 heterocycles. The molecular weight excluding hydrogens is 572 g/mol. The minimum atomic E-state index is -0.675. The maximum atomic E-state index is 14.1. The molecule has 3 aromatic rings. The van der Waals surface area contributed by atoms with Crippen LogP contribution in [0.5, 0.6) is 5.75 Å². The Hall–Kier alpha value is -4.55. The number of allylic oxidation sites excluding steroid dienone is 3. The van der Waals surface area contributed by atoms with E-state index in [0.29, 0.717) is 29.9 Å². The molecule has 226 valence electrons. The van der Waals surface area contributed by atoms with Gasteiger partial charge in [0.1, 0.15) is 17.3 Å². The summed E-state index contributed by atoms with van der Waals surface area (Å²) in [5, 5.41) is 22.8. The van der Waals surface area contributed by atoms with Gasteiger partial charge < -0.3 is 10.5 Å². The molecule has 5 rings (SSSR count). The number of ketones is 1. The van der Waals surface area contributed by atoms with Gasteiger partial charge in [-0.2, -0.15) is 17.0 Å². The van der Waals surface area contributed by atoms with E-state index in [1.807, 2.05) is 39.0 Å². The maximum absolute atomic E-state index is 14.1. The van der Waals surface area contributed by atoms with Crippen molar-refractivity contribution in [2.75, 3.05) is 12.0 Å². The smallest absolute Gasteiger partial charge is 0.296 e. The monoisotopic (exact) mass is 608 g/mol. The number of methoxy groups -OCH3 is 1.